The Morgan fingerprint density at radius 1 is 1.18 bits per heavy atom. The Bertz CT molecular complexity index is 1380. The highest BCUT2D eigenvalue weighted by molar-refractivity contribution is 5.96. The molecule has 0 aliphatic heterocycles. The maximum absolute atomic E-state index is 12.5. The Hall–Kier alpha value is -4.08. The van der Waals surface area contributed by atoms with Crippen LogP contribution in [0.25, 0.3) is 16.8 Å². The number of nitrogens with zero attached hydrogens (tertiary/aromatic N) is 6. The monoisotopic (exact) mass is 461 g/mol. The quantitative estimate of drug-likeness (QED) is 0.485. The fraction of sp³-hybridized carbons (Fsp3) is 0.333. The minimum Gasteiger partial charge on any atom is -0.345 e. The van der Waals surface area contributed by atoms with Crippen molar-refractivity contribution in [3.8, 4) is 11.3 Å². The van der Waals surface area contributed by atoms with Crippen LogP contribution >= 0.6 is 0 Å². The van der Waals surface area contributed by atoms with E-state index in [1.54, 1.807) is 30.9 Å². The predicted octanol–water partition coefficient (Wildman–Crippen LogP) is 3.02. The lowest BCUT2D eigenvalue weighted by Gasteiger charge is -2.11. The van der Waals surface area contributed by atoms with E-state index in [0.717, 1.165) is 22.2 Å². The van der Waals surface area contributed by atoms with Crippen molar-refractivity contribution >= 4 is 17.3 Å². The van der Waals surface area contributed by atoms with Gasteiger partial charge in [-0.25, -0.2) is 9.50 Å². The topological polar surface area (TPSA) is 119 Å². The van der Waals surface area contributed by atoms with Gasteiger partial charge in [-0.2, -0.15) is 10.1 Å². The molecule has 0 unspecified atom stereocenters. The van der Waals surface area contributed by atoms with Crippen molar-refractivity contribution in [1.29, 1.82) is 0 Å². The van der Waals surface area contributed by atoms with Crippen molar-refractivity contribution in [2.45, 2.75) is 39.7 Å². The number of fused-ring (bicyclic) bond motifs is 1. The molecule has 3 heterocycles. The van der Waals surface area contributed by atoms with Gasteiger partial charge in [0.1, 0.15) is 6.33 Å². The molecule has 0 spiro atoms. The summed E-state index contributed by atoms with van der Waals surface area (Å²) in [7, 11) is 3.42. The smallest absolute Gasteiger partial charge is 0.315 e. The Morgan fingerprint density at radius 2 is 1.94 bits per heavy atom. The molecule has 1 aromatic carbocycles. The van der Waals surface area contributed by atoms with Crippen LogP contribution < -0.4 is 5.32 Å². The first-order valence-electron chi connectivity index (χ1n) is 10.8. The van der Waals surface area contributed by atoms with Gasteiger partial charge in [-0.1, -0.05) is 38.1 Å². The zero-order valence-electron chi connectivity index (χ0n) is 20.1. The number of nitrogens with one attached hydrogen (secondary N) is 1. The third-order valence-electron chi connectivity index (χ3n) is 5.41. The molecule has 0 atom stereocenters. The van der Waals surface area contributed by atoms with E-state index in [9.17, 15) is 9.59 Å². The number of carbonyl (C=O) groups is 2. The zero-order valence-corrected chi connectivity index (χ0v) is 20.1. The van der Waals surface area contributed by atoms with Crippen molar-refractivity contribution in [3.05, 3.63) is 65.2 Å². The highest BCUT2D eigenvalue weighted by atomic mass is 16.5. The number of rotatable bonds is 5. The maximum Gasteiger partial charge on any atom is 0.315 e. The first kappa shape index (κ1) is 23.1. The first-order valence-corrected chi connectivity index (χ1v) is 10.8. The second-order valence-electron chi connectivity index (χ2n) is 9.36. The molecule has 0 fully saturated rings. The van der Waals surface area contributed by atoms with Crippen LogP contribution in [-0.2, 0) is 12.0 Å². The summed E-state index contributed by atoms with van der Waals surface area (Å²) in [4.78, 5) is 35.0. The summed E-state index contributed by atoms with van der Waals surface area (Å²) in [6.45, 7) is 8.12. The van der Waals surface area contributed by atoms with E-state index in [1.807, 2.05) is 45.9 Å². The number of hydrogen-bond acceptors (Lipinski definition) is 7. The Labute approximate surface area is 197 Å². The molecule has 0 bridgehead atoms. The fourth-order valence-electron chi connectivity index (χ4n) is 3.44. The summed E-state index contributed by atoms with van der Waals surface area (Å²) in [5, 5.41) is 10.9. The molecule has 176 valence electrons. The second-order valence-corrected chi connectivity index (χ2v) is 9.36. The van der Waals surface area contributed by atoms with Crippen LogP contribution in [0.15, 0.2) is 41.3 Å². The van der Waals surface area contributed by atoms with E-state index in [2.05, 4.69) is 25.5 Å². The number of carbonyl (C=O) groups excluding carboxylic acids is 2. The number of aryl methyl sites for hydroxylation is 1. The molecule has 0 radical (unpaired) electrons. The largest absolute Gasteiger partial charge is 0.345 e. The van der Waals surface area contributed by atoms with Gasteiger partial charge < -0.3 is 14.7 Å². The third kappa shape index (κ3) is 4.52. The van der Waals surface area contributed by atoms with Crippen molar-refractivity contribution in [2.75, 3.05) is 14.1 Å². The summed E-state index contributed by atoms with van der Waals surface area (Å²) < 4.78 is 6.76. The third-order valence-corrected chi connectivity index (χ3v) is 5.41. The Morgan fingerprint density at radius 3 is 2.59 bits per heavy atom. The predicted molar refractivity (Wildman–Crippen MR) is 125 cm³/mol. The second kappa shape index (κ2) is 8.69. The van der Waals surface area contributed by atoms with E-state index < -0.39 is 5.91 Å². The summed E-state index contributed by atoms with van der Waals surface area (Å²) in [6.07, 6.45) is 3.16. The van der Waals surface area contributed by atoms with Gasteiger partial charge in [-0.3, -0.25) is 9.59 Å². The number of amides is 2. The Kier molecular flexibility index (Phi) is 5.90. The highest BCUT2D eigenvalue weighted by Crippen LogP contribution is 2.26. The van der Waals surface area contributed by atoms with Gasteiger partial charge in [0.15, 0.2) is 5.82 Å². The van der Waals surface area contributed by atoms with E-state index in [1.165, 1.54) is 11.2 Å². The van der Waals surface area contributed by atoms with Gasteiger partial charge in [0.2, 0.25) is 0 Å². The molecule has 0 saturated heterocycles. The summed E-state index contributed by atoms with van der Waals surface area (Å²) in [5.41, 5.74) is 4.49. The summed E-state index contributed by atoms with van der Waals surface area (Å²) >= 11 is 0. The highest BCUT2D eigenvalue weighted by Gasteiger charge is 2.23. The van der Waals surface area contributed by atoms with Crippen molar-refractivity contribution in [2.24, 2.45) is 0 Å². The van der Waals surface area contributed by atoms with Crippen LogP contribution in [0.4, 0.5) is 0 Å². The van der Waals surface area contributed by atoms with E-state index >= 15 is 0 Å². The van der Waals surface area contributed by atoms with Crippen LogP contribution in [0.5, 0.6) is 0 Å². The minimum absolute atomic E-state index is 0.0566. The van der Waals surface area contributed by atoms with Crippen LogP contribution in [0.2, 0.25) is 0 Å². The zero-order chi connectivity index (χ0) is 24.6. The van der Waals surface area contributed by atoms with Gasteiger partial charge in [0.25, 0.3) is 5.91 Å². The maximum atomic E-state index is 12.5. The lowest BCUT2D eigenvalue weighted by Crippen LogP contribution is -2.24. The summed E-state index contributed by atoms with van der Waals surface area (Å²) in [5.74, 6) is -0.0982. The molecule has 1 N–H and O–H groups in total. The normalized spacial score (nSPS) is 11.6. The van der Waals surface area contributed by atoms with Gasteiger partial charge in [-0.15, -0.1) is 0 Å². The Balaban J connectivity index is 1.53. The molecule has 10 nitrogen and oxygen atoms in total. The van der Waals surface area contributed by atoms with Crippen LogP contribution in [0.1, 0.15) is 58.8 Å². The summed E-state index contributed by atoms with van der Waals surface area (Å²) in [6, 6.07) is 7.65. The van der Waals surface area contributed by atoms with Crippen molar-refractivity contribution in [1.82, 2.24) is 35.0 Å². The molecule has 3 aromatic heterocycles. The van der Waals surface area contributed by atoms with Gasteiger partial charge in [0, 0.05) is 37.8 Å². The molecular weight excluding hydrogens is 434 g/mol. The minimum atomic E-state index is -0.421. The fourth-order valence-corrected chi connectivity index (χ4v) is 3.44. The first-order chi connectivity index (χ1) is 16.0. The lowest BCUT2D eigenvalue weighted by atomic mass is 9.96. The average molecular weight is 462 g/mol. The van der Waals surface area contributed by atoms with Gasteiger partial charge in [-0.05, 0) is 30.2 Å². The molecular formula is C24H27N7O3. The van der Waals surface area contributed by atoms with Crippen molar-refractivity contribution < 1.29 is 14.1 Å². The van der Waals surface area contributed by atoms with Crippen LogP contribution in [0.3, 0.4) is 0 Å². The lowest BCUT2D eigenvalue weighted by molar-refractivity contribution is 0.0827. The molecule has 2 amide bonds. The van der Waals surface area contributed by atoms with Gasteiger partial charge in [0.05, 0.1) is 16.8 Å². The van der Waals surface area contributed by atoms with E-state index in [-0.39, 0.29) is 17.2 Å². The van der Waals surface area contributed by atoms with Gasteiger partial charge >= 0.3 is 11.8 Å². The van der Waals surface area contributed by atoms with Crippen molar-refractivity contribution in [3.63, 3.8) is 0 Å². The molecule has 4 rings (SSSR count). The molecule has 10 heteroatoms. The van der Waals surface area contributed by atoms with E-state index in [4.69, 9.17) is 4.52 Å². The SMILES string of the molecule is Cc1cc(-c2ncnn3cc(C(=O)N(C)C)cc23)ccc1CNC(=O)c1nc(C(C)(C)C)no1. The molecule has 34 heavy (non-hydrogen) atoms. The average Bonchev–Trinajstić information content (AvgIpc) is 3.44. The molecule has 4 aromatic rings. The van der Waals surface area contributed by atoms with Crippen LogP contribution in [0, 0.1) is 6.92 Å². The number of benzene rings is 1. The molecule has 0 aliphatic carbocycles. The number of hydrogen-bond donors (Lipinski definition) is 1. The molecule has 0 aliphatic rings. The van der Waals surface area contributed by atoms with Crippen LogP contribution in [-0.4, -0.2) is 55.5 Å². The van der Waals surface area contributed by atoms with E-state index in [0.29, 0.717) is 23.6 Å². The standard InChI is InChI=1S/C24H27N7O3/c1-14-9-15(19-18-10-17(22(33)30(5)6)12-31(18)27-13-26-19)7-8-16(14)11-25-20(32)21-28-23(29-34-21)24(2,3)4/h7-10,12-13H,11H2,1-6H3,(H,25,32). The number of aromatic nitrogens is 5. The molecule has 0 saturated carbocycles.